The molecular weight excluding hydrogens is 850 g/mol. The third kappa shape index (κ3) is 9.89. The van der Waals surface area contributed by atoms with Crippen LogP contribution in [-0.4, -0.2) is 70.0 Å². The SMILES string of the molecule is COc1nc(O[C@H]2CCc3c(-c4cccc5c4CC[C@@H]5Oc4nc(OC)c(CNC[C@@H](O)CC(C)=O)cc4Br)cccc32)c(Br)cc1CCC[C@@H](O)CC(=O)O. The Bertz CT molecular complexity index is 1920. The molecule has 0 saturated heterocycles. The van der Waals surface area contributed by atoms with Crippen LogP contribution in [0, 0.1) is 0 Å². The van der Waals surface area contributed by atoms with Gasteiger partial charge in [0.25, 0.3) is 0 Å². The molecule has 0 fully saturated rings. The minimum Gasteiger partial charge on any atom is -0.481 e. The second kappa shape index (κ2) is 18.9. The fraction of sp³-hybridized carbons (Fsp3) is 0.429. The summed E-state index contributed by atoms with van der Waals surface area (Å²) in [6.45, 7) is 2.12. The summed E-state index contributed by atoms with van der Waals surface area (Å²) in [6.07, 6.45) is 2.55. The molecule has 4 aromatic rings. The number of aryl methyl sites for hydroxylation is 1. The van der Waals surface area contributed by atoms with Crippen molar-refractivity contribution in [3.8, 4) is 34.6 Å². The van der Waals surface area contributed by atoms with Crippen LogP contribution in [0.1, 0.15) is 91.0 Å². The highest BCUT2D eigenvalue weighted by Crippen LogP contribution is 2.46. The number of pyridine rings is 2. The number of ketones is 1. The van der Waals surface area contributed by atoms with Crippen molar-refractivity contribution in [2.24, 2.45) is 0 Å². The molecular formula is C42H47Br2N3O9. The third-order valence-corrected chi connectivity index (χ3v) is 11.3. The number of methoxy groups -OCH3 is 2. The van der Waals surface area contributed by atoms with Gasteiger partial charge in [0, 0.05) is 30.6 Å². The van der Waals surface area contributed by atoms with Gasteiger partial charge in [-0.05, 0) is 129 Å². The molecule has 0 radical (unpaired) electrons. The minimum atomic E-state index is -1.02. The summed E-state index contributed by atoms with van der Waals surface area (Å²) >= 11 is 7.29. The standard InChI is InChI=1S/C42H47Br2N3O9/c1-23(48)17-27(50)22-45-21-25-19-35(44)42(47-40(25)54-3)56-37-16-14-31-29(10-6-12-33(31)37)28-9-5-11-32-30(28)13-15-36(32)55-41-34(43)18-24(39(46-41)53-2)7-4-8-26(49)20-38(51)52/h5-6,9-12,18-19,26-27,36-37,45,49-50H,4,7-8,13-17,20-22H2,1-3H3,(H,51,52)/t26-,27+,36+,37+/m1/s1. The molecule has 6 rings (SSSR count). The van der Waals surface area contributed by atoms with E-state index in [1.807, 2.05) is 12.1 Å². The molecule has 0 saturated carbocycles. The molecule has 2 aliphatic rings. The van der Waals surface area contributed by atoms with Crippen molar-refractivity contribution in [1.82, 2.24) is 15.3 Å². The molecule has 4 N–H and O–H groups in total. The smallest absolute Gasteiger partial charge is 0.305 e. The Morgan fingerprint density at radius 2 is 1.34 bits per heavy atom. The van der Waals surface area contributed by atoms with E-state index in [1.165, 1.54) is 29.2 Å². The number of aliphatic carboxylic acids is 1. The topological polar surface area (TPSA) is 170 Å². The zero-order valence-electron chi connectivity index (χ0n) is 31.6. The van der Waals surface area contributed by atoms with E-state index in [-0.39, 0.29) is 37.4 Å². The van der Waals surface area contributed by atoms with E-state index >= 15 is 0 Å². The van der Waals surface area contributed by atoms with E-state index in [0.29, 0.717) is 58.3 Å². The first-order chi connectivity index (χ1) is 26.9. The van der Waals surface area contributed by atoms with Crippen LogP contribution in [-0.2, 0) is 35.4 Å². The lowest BCUT2D eigenvalue weighted by Crippen LogP contribution is -2.28. The van der Waals surface area contributed by atoms with Gasteiger partial charge in [0.15, 0.2) is 0 Å². The number of rotatable bonds is 19. The second-order valence-electron chi connectivity index (χ2n) is 14.3. The Hall–Kier alpha value is -4.08. The normalized spacial score (nSPS) is 16.8. The number of halogens is 2. The lowest BCUT2D eigenvalue weighted by Gasteiger charge is -2.19. The number of nitrogens with one attached hydrogen (secondary N) is 1. The van der Waals surface area contributed by atoms with Crippen molar-refractivity contribution >= 4 is 43.6 Å². The summed E-state index contributed by atoms with van der Waals surface area (Å²) in [5, 5.41) is 32.1. The van der Waals surface area contributed by atoms with Gasteiger partial charge in [-0.3, -0.25) is 9.59 Å². The van der Waals surface area contributed by atoms with Crippen LogP contribution in [0.2, 0.25) is 0 Å². The molecule has 0 aliphatic heterocycles. The van der Waals surface area contributed by atoms with Crippen molar-refractivity contribution in [2.75, 3.05) is 20.8 Å². The average Bonchev–Trinajstić information content (AvgIpc) is 3.77. The van der Waals surface area contributed by atoms with Crippen molar-refractivity contribution in [3.05, 3.63) is 90.9 Å². The number of fused-ring (bicyclic) bond motifs is 2. The lowest BCUT2D eigenvalue weighted by molar-refractivity contribution is -0.139. The van der Waals surface area contributed by atoms with Crippen LogP contribution >= 0.6 is 31.9 Å². The van der Waals surface area contributed by atoms with E-state index in [2.05, 4.69) is 78.6 Å². The number of nitrogens with zero attached hydrogens (tertiary/aromatic N) is 2. The molecule has 14 heteroatoms. The molecule has 56 heavy (non-hydrogen) atoms. The Morgan fingerprint density at radius 3 is 1.86 bits per heavy atom. The monoisotopic (exact) mass is 895 g/mol. The summed E-state index contributed by atoms with van der Waals surface area (Å²) in [5.41, 5.74) is 8.75. The van der Waals surface area contributed by atoms with Gasteiger partial charge < -0.3 is 39.6 Å². The molecule has 0 unspecified atom stereocenters. The van der Waals surface area contributed by atoms with Gasteiger partial charge in [-0.25, -0.2) is 0 Å². The van der Waals surface area contributed by atoms with Crippen LogP contribution in [0.4, 0.5) is 0 Å². The predicted molar refractivity (Wildman–Crippen MR) is 216 cm³/mol. The van der Waals surface area contributed by atoms with E-state index in [1.54, 1.807) is 14.2 Å². The van der Waals surface area contributed by atoms with Gasteiger partial charge in [-0.15, -0.1) is 0 Å². The number of carbonyl (C=O) groups is 2. The molecule has 0 spiro atoms. The largest absolute Gasteiger partial charge is 0.481 e. The summed E-state index contributed by atoms with van der Waals surface area (Å²) in [4.78, 5) is 31.6. The van der Waals surface area contributed by atoms with Crippen molar-refractivity contribution in [2.45, 2.75) is 95.7 Å². The molecule has 0 bridgehead atoms. The van der Waals surface area contributed by atoms with E-state index in [9.17, 15) is 19.8 Å². The summed E-state index contributed by atoms with van der Waals surface area (Å²) in [5.74, 6) is 0.642. The highest BCUT2D eigenvalue weighted by atomic mass is 79.9. The third-order valence-electron chi connectivity index (χ3n) is 10.2. The molecule has 0 amide bonds. The van der Waals surface area contributed by atoms with Crippen LogP contribution in [0.3, 0.4) is 0 Å². The molecule has 2 heterocycles. The number of aliphatic hydroxyl groups excluding tert-OH is 2. The number of ether oxygens (including phenoxy) is 4. The molecule has 2 aromatic carbocycles. The average molecular weight is 898 g/mol. The Kier molecular flexibility index (Phi) is 14.0. The number of aliphatic hydroxyl groups is 2. The lowest BCUT2D eigenvalue weighted by atomic mass is 9.91. The van der Waals surface area contributed by atoms with Crippen molar-refractivity contribution in [3.63, 3.8) is 0 Å². The molecule has 2 aliphatic carbocycles. The molecule has 298 valence electrons. The van der Waals surface area contributed by atoms with Gasteiger partial charge in [0.2, 0.25) is 23.5 Å². The fourth-order valence-corrected chi connectivity index (χ4v) is 8.59. The van der Waals surface area contributed by atoms with Crippen LogP contribution < -0.4 is 24.3 Å². The molecule has 4 atom stereocenters. The number of carbonyl (C=O) groups excluding carboxylic acids is 1. The summed E-state index contributed by atoms with van der Waals surface area (Å²) in [6, 6.07) is 16.6. The van der Waals surface area contributed by atoms with Gasteiger partial charge >= 0.3 is 5.97 Å². The predicted octanol–water partition coefficient (Wildman–Crippen LogP) is 7.41. The van der Waals surface area contributed by atoms with Crippen molar-refractivity contribution in [1.29, 1.82) is 0 Å². The van der Waals surface area contributed by atoms with Crippen molar-refractivity contribution < 1.29 is 43.9 Å². The molecule has 2 aromatic heterocycles. The first kappa shape index (κ1) is 41.6. The van der Waals surface area contributed by atoms with Gasteiger partial charge in [0.1, 0.15) is 18.0 Å². The number of aromatic nitrogens is 2. The number of carboxylic acids is 1. The number of Topliss-reactive ketones (excluding diaryl/α,β-unsaturated/α-hetero) is 1. The first-order valence-corrected chi connectivity index (χ1v) is 20.4. The van der Waals surface area contributed by atoms with Gasteiger partial charge in [-0.2, -0.15) is 9.97 Å². The number of carboxylic acid groups (broad SMARTS) is 1. The van der Waals surface area contributed by atoms with Crippen LogP contribution in [0.25, 0.3) is 11.1 Å². The zero-order valence-corrected chi connectivity index (χ0v) is 34.8. The first-order valence-electron chi connectivity index (χ1n) is 18.8. The van der Waals surface area contributed by atoms with Crippen LogP contribution in [0.15, 0.2) is 57.5 Å². The number of hydrogen-bond acceptors (Lipinski definition) is 11. The summed E-state index contributed by atoms with van der Waals surface area (Å²) < 4.78 is 25.7. The maximum atomic E-state index is 11.3. The van der Waals surface area contributed by atoms with E-state index in [0.717, 1.165) is 47.9 Å². The zero-order chi connectivity index (χ0) is 39.9. The second-order valence-corrected chi connectivity index (χ2v) is 16.0. The Balaban J connectivity index is 1.16. The van der Waals surface area contributed by atoms with Gasteiger partial charge in [-0.1, -0.05) is 36.4 Å². The van der Waals surface area contributed by atoms with E-state index in [4.69, 9.17) is 29.0 Å². The Labute approximate surface area is 343 Å². The maximum Gasteiger partial charge on any atom is 0.305 e. The fourth-order valence-electron chi connectivity index (χ4n) is 7.67. The number of benzene rings is 2. The Morgan fingerprint density at radius 1 is 0.804 bits per heavy atom. The minimum absolute atomic E-state index is 0.0632. The molecule has 12 nitrogen and oxygen atoms in total. The highest BCUT2D eigenvalue weighted by Gasteiger charge is 2.32. The van der Waals surface area contributed by atoms with E-state index < -0.39 is 18.2 Å². The van der Waals surface area contributed by atoms with Crippen LogP contribution in [0.5, 0.6) is 23.5 Å². The quantitative estimate of drug-likeness (QED) is 0.0737. The number of hydrogen-bond donors (Lipinski definition) is 4. The maximum absolute atomic E-state index is 11.3. The van der Waals surface area contributed by atoms with Gasteiger partial charge in [0.05, 0.1) is 41.8 Å². The summed E-state index contributed by atoms with van der Waals surface area (Å²) in [7, 11) is 3.12. The highest BCUT2D eigenvalue weighted by molar-refractivity contribution is 9.10.